The van der Waals surface area contributed by atoms with Crippen molar-refractivity contribution in [2.24, 2.45) is 0 Å². The van der Waals surface area contributed by atoms with Crippen LogP contribution in [0.15, 0.2) is 72.9 Å². The molecule has 8 nitrogen and oxygen atoms in total. The first-order valence-electron chi connectivity index (χ1n) is 11.0. The van der Waals surface area contributed by atoms with Crippen molar-refractivity contribution in [1.82, 2.24) is 10.3 Å². The lowest BCUT2D eigenvalue weighted by atomic mass is 10.1. The van der Waals surface area contributed by atoms with Gasteiger partial charge in [-0.1, -0.05) is 12.1 Å². The summed E-state index contributed by atoms with van der Waals surface area (Å²) in [7, 11) is 4.78. The fraction of sp³-hybridized carbons (Fsp3) is 0.185. The Morgan fingerprint density at radius 3 is 2.29 bits per heavy atom. The Morgan fingerprint density at radius 2 is 1.57 bits per heavy atom. The summed E-state index contributed by atoms with van der Waals surface area (Å²) in [6, 6.07) is 19.6. The largest absolute Gasteiger partial charge is 0.497 e. The molecule has 0 aliphatic heterocycles. The molecule has 0 aliphatic rings. The summed E-state index contributed by atoms with van der Waals surface area (Å²) in [5.41, 5.74) is 2.31. The van der Waals surface area contributed by atoms with Crippen LogP contribution < -0.4 is 29.6 Å². The first kappa shape index (κ1) is 23.7. The summed E-state index contributed by atoms with van der Waals surface area (Å²) >= 11 is 0. The average molecular weight is 474 g/mol. The molecule has 0 saturated heterocycles. The third kappa shape index (κ3) is 5.55. The molecule has 35 heavy (non-hydrogen) atoms. The molecule has 0 saturated carbocycles. The number of benzene rings is 3. The van der Waals surface area contributed by atoms with E-state index in [1.165, 1.54) is 0 Å². The van der Waals surface area contributed by atoms with Crippen molar-refractivity contribution < 1.29 is 23.7 Å². The lowest BCUT2D eigenvalue weighted by molar-refractivity contribution is 0.249. The Balaban J connectivity index is 1.43. The van der Waals surface area contributed by atoms with Gasteiger partial charge in [0.25, 0.3) is 0 Å². The summed E-state index contributed by atoms with van der Waals surface area (Å²) < 4.78 is 22.1. The van der Waals surface area contributed by atoms with Gasteiger partial charge in [0.15, 0.2) is 11.5 Å². The number of pyridine rings is 1. The number of amides is 2. The summed E-state index contributed by atoms with van der Waals surface area (Å²) in [5.74, 6) is 3.17. The Kier molecular flexibility index (Phi) is 7.21. The number of nitrogens with one attached hydrogen (secondary N) is 2. The molecular formula is C27H27N3O5. The maximum Gasteiger partial charge on any atom is 0.319 e. The number of urea groups is 1. The molecule has 180 valence electrons. The number of anilines is 1. The number of aromatic nitrogens is 1. The van der Waals surface area contributed by atoms with Gasteiger partial charge >= 0.3 is 6.03 Å². The second-order valence-corrected chi connectivity index (χ2v) is 7.76. The molecule has 4 aromatic rings. The molecule has 0 bridgehead atoms. The van der Waals surface area contributed by atoms with E-state index in [-0.39, 0.29) is 12.1 Å². The van der Waals surface area contributed by atoms with E-state index in [2.05, 4.69) is 15.6 Å². The lowest BCUT2D eigenvalue weighted by Gasteiger charge is -2.16. The van der Waals surface area contributed by atoms with E-state index < -0.39 is 0 Å². The van der Waals surface area contributed by atoms with E-state index in [9.17, 15) is 4.79 Å². The second kappa shape index (κ2) is 10.6. The molecule has 0 unspecified atom stereocenters. The predicted octanol–water partition coefficient (Wildman–Crippen LogP) is 5.94. The van der Waals surface area contributed by atoms with Gasteiger partial charge in [0.1, 0.15) is 17.2 Å². The van der Waals surface area contributed by atoms with Gasteiger partial charge in [-0.3, -0.25) is 4.98 Å². The van der Waals surface area contributed by atoms with E-state index in [0.29, 0.717) is 28.7 Å². The van der Waals surface area contributed by atoms with E-state index in [4.69, 9.17) is 18.9 Å². The highest BCUT2D eigenvalue weighted by Crippen LogP contribution is 2.37. The normalized spacial score (nSPS) is 11.4. The topological polar surface area (TPSA) is 90.9 Å². The zero-order valence-electron chi connectivity index (χ0n) is 20.0. The summed E-state index contributed by atoms with van der Waals surface area (Å²) in [6.45, 7) is 1.91. The molecule has 0 radical (unpaired) electrons. The highest BCUT2D eigenvalue weighted by molar-refractivity contribution is 5.90. The highest BCUT2D eigenvalue weighted by atomic mass is 16.5. The maximum atomic E-state index is 12.5. The van der Waals surface area contributed by atoms with Crippen LogP contribution in [-0.4, -0.2) is 32.3 Å². The van der Waals surface area contributed by atoms with Crippen LogP contribution in [0.3, 0.4) is 0 Å². The number of carbonyl (C=O) groups is 1. The zero-order chi connectivity index (χ0) is 24.8. The van der Waals surface area contributed by atoms with Crippen molar-refractivity contribution in [2.45, 2.75) is 13.0 Å². The van der Waals surface area contributed by atoms with Crippen LogP contribution in [0.25, 0.3) is 10.9 Å². The number of methoxy groups -OCH3 is 3. The van der Waals surface area contributed by atoms with Crippen LogP contribution in [0.2, 0.25) is 0 Å². The Morgan fingerprint density at radius 1 is 0.829 bits per heavy atom. The number of carbonyl (C=O) groups excluding carboxylic acids is 1. The van der Waals surface area contributed by atoms with Crippen molar-refractivity contribution in [3.05, 3.63) is 78.5 Å². The second-order valence-electron chi connectivity index (χ2n) is 7.76. The molecule has 3 aromatic carbocycles. The fourth-order valence-electron chi connectivity index (χ4n) is 3.63. The number of nitrogens with zero attached hydrogens (tertiary/aromatic N) is 1. The molecule has 2 amide bonds. The molecule has 1 aromatic heterocycles. The number of ether oxygens (including phenoxy) is 4. The fourth-order valence-corrected chi connectivity index (χ4v) is 3.63. The van der Waals surface area contributed by atoms with E-state index >= 15 is 0 Å². The third-order valence-corrected chi connectivity index (χ3v) is 5.49. The first-order chi connectivity index (χ1) is 17.0. The number of fused-ring (bicyclic) bond motifs is 1. The molecule has 0 fully saturated rings. The van der Waals surface area contributed by atoms with Crippen LogP contribution in [-0.2, 0) is 0 Å². The molecule has 0 spiro atoms. The Hall–Kier alpha value is -4.46. The van der Waals surface area contributed by atoms with Gasteiger partial charge in [0.05, 0.1) is 32.9 Å². The smallest absolute Gasteiger partial charge is 0.319 e. The van der Waals surface area contributed by atoms with Gasteiger partial charge in [-0.2, -0.15) is 0 Å². The van der Waals surface area contributed by atoms with Gasteiger partial charge in [0.2, 0.25) is 0 Å². The van der Waals surface area contributed by atoms with Crippen molar-refractivity contribution in [2.75, 3.05) is 26.6 Å². The molecule has 1 heterocycles. The van der Waals surface area contributed by atoms with Crippen LogP contribution in [0, 0.1) is 0 Å². The molecular weight excluding hydrogens is 446 g/mol. The quantitative estimate of drug-likeness (QED) is 0.329. The standard InChI is InChI=1S/C27H27N3O5/c1-17(18-6-5-7-21(14-18)32-2)29-27(31)30-19-8-10-20(11-9-19)35-24-12-13-28-23-16-26(34-4)25(33-3)15-22(23)24/h5-17H,1-4H3,(H2,29,30,31)/t17-/m0/s1. The van der Waals surface area contributed by atoms with Gasteiger partial charge in [-0.15, -0.1) is 0 Å². The summed E-state index contributed by atoms with van der Waals surface area (Å²) in [4.78, 5) is 16.9. The minimum atomic E-state index is -0.310. The van der Waals surface area contributed by atoms with Crippen molar-refractivity contribution >= 4 is 22.6 Å². The lowest BCUT2D eigenvalue weighted by Crippen LogP contribution is -2.31. The van der Waals surface area contributed by atoms with Gasteiger partial charge in [-0.25, -0.2) is 4.79 Å². The van der Waals surface area contributed by atoms with E-state index in [0.717, 1.165) is 22.2 Å². The summed E-state index contributed by atoms with van der Waals surface area (Å²) in [5, 5.41) is 6.56. The van der Waals surface area contributed by atoms with Crippen LogP contribution >= 0.6 is 0 Å². The third-order valence-electron chi connectivity index (χ3n) is 5.49. The number of hydrogen-bond acceptors (Lipinski definition) is 6. The van der Waals surface area contributed by atoms with Crippen LogP contribution in [0.5, 0.6) is 28.7 Å². The monoisotopic (exact) mass is 473 g/mol. The molecule has 1 atom stereocenters. The minimum Gasteiger partial charge on any atom is -0.497 e. The van der Waals surface area contributed by atoms with Gasteiger partial charge in [-0.05, 0) is 61.0 Å². The van der Waals surface area contributed by atoms with Crippen molar-refractivity contribution in [3.8, 4) is 28.7 Å². The number of rotatable bonds is 8. The SMILES string of the molecule is COc1cccc([C@H](C)NC(=O)Nc2ccc(Oc3ccnc4cc(OC)c(OC)cc34)cc2)c1. The highest BCUT2D eigenvalue weighted by Gasteiger charge is 2.13. The Bertz CT molecular complexity index is 1320. The molecule has 8 heteroatoms. The predicted molar refractivity (Wildman–Crippen MR) is 135 cm³/mol. The molecule has 0 aliphatic carbocycles. The maximum absolute atomic E-state index is 12.5. The number of hydrogen-bond donors (Lipinski definition) is 2. The molecule has 2 N–H and O–H groups in total. The zero-order valence-corrected chi connectivity index (χ0v) is 20.0. The van der Waals surface area contributed by atoms with Crippen molar-refractivity contribution in [3.63, 3.8) is 0 Å². The Labute approximate surface area is 203 Å². The average Bonchev–Trinajstić information content (AvgIpc) is 2.89. The van der Waals surface area contributed by atoms with Crippen LogP contribution in [0.4, 0.5) is 10.5 Å². The van der Waals surface area contributed by atoms with E-state index in [1.54, 1.807) is 63.9 Å². The minimum absolute atomic E-state index is 0.191. The van der Waals surface area contributed by atoms with Gasteiger partial charge in [0, 0.05) is 23.3 Å². The van der Waals surface area contributed by atoms with Gasteiger partial charge < -0.3 is 29.6 Å². The summed E-state index contributed by atoms with van der Waals surface area (Å²) in [6.07, 6.45) is 1.67. The van der Waals surface area contributed by atoms with Crippen molar-refractivity contribution in [1.29, 1.82) is 0 Å². The molecule has 4 rings (SSSR count). The van der Waals surface area contributed by atoms with Crippen LogP contribution in [0.1, 0.15) is 18.5 Å². The first-order valence-corrected chi connectivity index (χ1v) is 11.0. The van der Waals surface area contributed by atoms with E-state index in [1.807, 2.05) is 37.3 Å².